The Labute approximate surface area is 162 Å². The van der Waals surface area contributed by atoms with Crippen LogP contribution in [0.2, 0.25) is 0 Å². The first-order valence-electron chi connectivity index (χ1n) is 8.08. The predicted octanol–water partition coefficient (Wildman–Crippen LogP) is 2.66. The number of carbonyl (C=O) groups excluding carboxylic acids is 2. The van der Waals surface area contributed by atoms with Gasteiger partial charge < -0.3 is 23.7 Å². The van der Waals surface area contributed by atoms with E-state index in [1.165, 1.54) is 46.6 Å². The molecule has 2 aromatic carbocycles. The minimum absolute atomic E-state index is 0.0324. The van der Waals surface area contributed by atoms with Gasteiger partial charge in [-0.2, -0.15) is 5.26 Å². The average Bonchev–Trinajstić information content (AvgIpc) is 2.75. The molecule has 0 saturated heterocycles. The van der Waals surface area contributed by atoms with Gasteiger partial charge in [-0.1, -0.05) is 12.1 Å². The molecule has 0 aliphatic carbocycles. The third-order valence-corrected chi connectivity index (χ3v) is 3.91. The van der Waals surface area contributed by atoms with Gasteiger partial charge in [-0.15, -0.1) is 0 Å². The van der Waals surface area contributed by atoms with Gasteiger partial charge in [0.1, 0.15) is 11.8 Å². The maximum atomic E-state index is 12.5. The van der Waals surface area contributed by atoms with Crippen molar-refractivity contribution in [1.82, 2.24) is 0 Å². The van der Waals surface area contributed by atoms with Crippen LogP contribution in [0.25, 0.3) is 0 Å². The summed E-state index contributed by atoms with van der Waals surface area (Å²) in [5, 5.41) is 9.27. The zero-order valence-corrected chi connectivity index (χ0v) is 15.8. The van der Waals surface area contributed by atoms with E-state index in [4.69, 9.17) is 23.7 Å². The van der Waals surface area contributed by atoms with Crippen molar-refractivity contribution in [1.29, 1.82) is 5.26 Å². The molecule has 0 N–H and O–H groups in total. The van der Waals surface area contributed by atoms with Crippen LogP contribution in [-0.4, -0.2) is 40.4 Å². The molecule has 0 heterocycles. The summed E-state index contributed by atoms with van der Waals surface area (Å²) < 4.78 is 25.9. The monoisotopic (exact) mass is 385 g/mol. The number of hydrogen-bond acceptors (Lipinski definition) is 8. The van der Waals surface area contributed by atoms with Crippen molar-refractivity contribution in [2.24, 2.45) is 0 Å². The minimum Gasteiger partial charge on any atom is -0.493 e. The van der Waals surface area contributed by atoms with Gasteiger partial charge in [0.15, 0.2) is 11.5 Å². The Morgan fingerprint density at radius 2 is 1.57 bits per heavy atom. The number of benzene rings is 2. The van der Waals surface area contributed by atoms with Crippen LogP contribution in [0.1, 0.15) is 27.6 Å². The number of carbonyl (C=O) groups is 2. The SMILES string of the molecule is COC(=O)c1cc(OC)c(OC)cc1[C@@H](Oc1ccccc1C#N)C(=O)OC. The van der Waals surface area contributed by atoms with Gasteiger partial charge >= 0.3 is 11.9 Å². The van der Waals surface area contributed by atoms with E-state index in [2.05, 4.69) is 0 Å². The molecule has 0 aliphatic heterocycles. The number of methoxy groups -OCH3 is 4. The number of hydrogen-bond donors (Lipinski definition) is 0. The fourth-order valence-electron chi connectivity index (χ4n) is 2.53. The first-order valence-corrected chi connectivity index (χ1v) is 8.08. The van der Waals surface area contributed by atoms with Crippen molar-refractivity contribution in [3.8, 4) is 23.3 Å². The van der Waals surface area contributed by atoms with Crippen LogP contribution in [0.4, 0.5) is 0 Å². The average molecular weight is 385 g/mol. The lowest BCUT2D eigenvalue weighted by atomic mass is 10.0. The topological polar surface area (TPSA) is 104 Å². The van der Waals surface area contributed by atoms with E-state index < -0.39 is 18.0 Å². The molecule has 2 rings (SSSR count). The molecule has 0 aliphatic rings. The second-order valence-electron chi connectivity index (χ2n) is 5.42. The van der Waals surface area contributed by atoms with Gasteiger partial charge in [0.05, 0.1) is 39.6 Å². The lowest BCUT2D eigenvalue weighted by molar-refractivity contribution is -0.149. The molecule has 0 radical (unpaired) electrons. The quantitative estimate of drug-likeness (QED) is 0.670. The summed E-state index contributed by atoms with van der Waals surface area (Å²) in [6, 6.07) is 11.2. The van der Waals surface area contributed by atoms with Crippen LogP contribution >= 0.6 is 0 Å². The molecule has 0 aromatic heterocycles. The summed E-state index contributed by atoms with van der Waals surface area (Å²) in [7, 11) is 5.23. The highest BCUT2D eigenvalue weighted by atomic mass is 16.6. The molecule has 8 nitrogen and oxygen atoms in total. The second-order valence-corrected chi connectivity index (χ2v) is 5.42. The molecule has 0 amide bonds. The Bertz CT molecular complexity index is 917. The van der Waals surface area contributed by atoms with Crippen LogP contribution in [0.15, 0.2) is 36.4 Å². The summed E-state index contributed by atoms with van der Waals surface area (Å²) in [5.74, 6) is -0.776. The molecule has 0 unspecified atom stereocenters. The van der Waals surface area contributed by atoms with Crippen molar-refractivity contribution < 1.29 is 33.3 Å². The third-order valence-electron chi connectivity index (χ3n) is 3.91. The molecule has 2 aromatic rings. The number of rotatable bonds is 7. The maximum Gasteiger partial charge on any atom is 0.351 e. The molecule has 0 saturated carbocycles. The molecule has 28 heavy (non-hydrogen) atoms. The number of para-hydroxylation sites is 1. The normalized spacial score (nSPS) is 11.0. The highest BCUT2D eigenvalue weighted by Crippen LogP contribution is 2.36. The Hall–Kier alpha value is -3.73. The summed E-state index contributed by atoms with van der Waals surface area (Å²) in [6.45, 7) is 0. The van der Waals surface area contributed by atoms with E-state index >= 15 is 0 Å². The second kappa shape index (κ2) is 9.28. The van der Waals surface area contributed by atoms with E-state index in [1.807, 2.05) is 6.07 Å². The largest absolute Gasteiger partial charge is 0.493 e. The summed E-state index contributed by atoms with van der Waals surface area (Å²) >= 11 is 0. The van der Waals surface area contributed by atoms with Crippen LogP contribution in [0, 0.1) is 11.3 Å². The van der Waals surface area contributed by atoms with Gasteiger partial charge in [-0.05, 0) is 24.3 Å². The molecule has 1 atom stereocenters. The smallest absolute Gasteiger partial charge is 0.351 e. The minimum atomic E-state index is -1.35. The summed E-state index contributed by atoms with van der Waals surface area (Å²) in [4.78, 5) is 24.8. The predicted molar refractivity (Wildman–Crippen MR) is 97.4 cm³/mol. The zero-order valence-electron chi connectivity index (χ0n) is 15.8. The van der Waals surface area contributed by atoms with Crippen molar-refractivity contribution in [3.63, 3.8) is 0 Å². The van der Waals surface area contributed by atoms with Crippen molar-refractivity contribution in [2.45, 2.75) is 6.10 Å². The number of nitriles is 1. The van der Waals surface area contributed by atoms with Crippen LogP contribution in [-0.2, 0) is 14.3 Å². The molecular weight excluding hydrogens is 366 g/mol. The standard InChI is InChI=1S/C20H19NO7/c1-24-16-9-13(14(19(22)26-3)10-17(16)25-2)18(20(23)27-4)28-15-8-6-5-7-12(15)11-21/h5-10,18H,1-4H3/t18-/m1/s1. The Balaban J connectivity index is 2.67. The molecule has 146 valence electrons. The Morgan fingerprint density at radius 3 is 2.14 bits per heavy atom. The van der Waals surface area contributed by atoms with Crippen LogP contribution < -0.4 is 14.2 Å². The Morgan fingerprint density at radius 1 is 0.929 bits per heavy atom. The summed E-state index contributed by atoms with van der Waals surface area (Å²) in [5.41, 5.74) is 0.394. The number of ether oxygens (including phenoxy) is 5. The van der Waals surface area contributed by atoms with Crippen molar-refractivity contribution >= 4 is 11.9 Å². The highest BCUT2D eigenvalue weighted by molar-refractivity contribution is 5.94. The van der Waals surface area contributed by atoms with Gasteiger partial charge in [0.25, 0.3) is 0 Å². The van der Waals surface area contributed by atoms with Crippen molar-refractivity contribution in [2.75, 3.05) is 28.4 Å². The van der Waals surface area contributed by atoms with Gasteiger partial charge in [0.2, 0.25) is 6.10 Å². The maximum absolute atomic E-state index is 12.5. The van der Waals surface area contributed by atoms with Gasteiger partial charge in [-0.3, -0.25) is 0 Å². The zero-order chi connectivity index (χ0) is 20.7. The fraction of sp³-hybridized carbons (Fsp3) is 0.250. The Kier molecular flexibility index (Phi) is 6.82. The first kappa shape index (κ1) is 20.6. The highest BCUT2D eigenvalue weighted by Gasteiger charge is 2.31. The summed E-state index contributed by atoms with van der Waals surface area (Å²) in [6.07, 6.45) is -1.35. The van der Waals surface area contributed by atoms with E-state index in [1.54, 1.807) is 18.2 Å². The molecule has 0 bridgehead atoms. The molecule has 0 fully saturated rings. The molecule has 8 heteroatoms. The first-order chi connectivity index (χ1) is 13.5. The number of nitrogens with zero attached hydrogens (tertiary/aromatic N) is 1. The lowest BCUT2D eigenvalue weighted by Gasteiger charge is -2.21. The van der Waals surface area contributed by atoms with E-state index in [0.29, 0.717) is 0 Å². The van der Waals surface area contributed by atoms with Gasteiger partial charge in [-0.25, -0.2) is 9.59 Å². The van der Waals surface area contributed by atoms with E-state index in [9.17, 15) is 14.9 Å². The molecular formula is C20H19NO7. The van der Waals surface area contributed by atoms with E-state index in [-0.39, 0.29) is 33.9 Å². The number of esters is 2. The third kappa shape index (κ3) is 4.15. The van der Waals surface area contributed by atoms with E-state index in [0.717, 1.165) is 0 Å². The lowest BCUT2D eigenvalue weighted by Crippen LogP contribution is -2.23. The van der Waals surface area contributed by atoms with Crippen molar-refractivity contribution in [3.05, 3.63) is 53.1 Å². The molecule has 0 spiro atoms. The van der Waals surface area contributed by atoms with Gasteiger partial charge in [0, 0.05) is 5.56 Å². The fourth-order valence-corrected chi connectivity index (χ4v) is 2.53. The van der Waals surface area contributed by atoms with Crippen LogP contribution in [0.5, 0.6) is 17.2 Å². The van der Waals surface area contributed by atoms with Crippen LogP contribution in [0.3, 0.4) is 0 Å².